The molecule has 21 heavy (non-hydrogen) atoms. The highest BCUT2D eigenvalue weighted by atomic mass is 79.9. The fourth-order valence-electron chi connectivity index (χ4n) is 2.11. The lowest BCUT2D eigenvalue weighted by molar-refractivity contribution is -0.117. The summed E-state index contributed by atoms with van der Waals surface area (Å²) >= 11 is 3.42. The zero-order chi connectivity index (χ0) is 16.0. The van der Waals surface area contributed by atoms with Gasteiger partial charge in [-0.25, -0.2) is 0 Å². The normalized spacial score (nSPS) is 11.8. The third kappa shape index (κ3) is 6.16. The molecule has 118 valence electrons. The van der Waals surface area contributed by atoms with Crippen LogP contribution in [0.2, 0.25) is 0 Å². The Balaban J connectivity index is 2.63. The number of carbonyl (C=O) groups excluding carboxylic acids is 1. The van der Waals surface area contributed by atoms with Crippen molar-refractivity contribution in [2.24, 2.45) is 11.1 Å². The van der Waals surface area contributed by atoms with E-state index in [9.17, 15) is 4.79 Å². The van der Waals surface area contributed by atoms with Crippen LogP contribution in [0.5, 0.6) is 0 Å². The number of rotatable bonds is 7. The van der Waals surface area contributed by atoms with E-state index in [1.807, 2.05) is 25.1 Å². The topological polar surface area (TPSA) is 58.4 Å². The van der Waals surface area contributed by atoms with Crippen molar-refractivity contribution in [3.8, 4) is 0 Å². The van der Waals surface area contributed by atoms with Crippen molar-refractivity contribution in [3.05, 3.63) is 28.2 Å². The number of hydrogen-bond donors (Lipinski definition) is 2. The number of benzene rings is 1. The molecule has 0 aliphatic heterocycles. The van der Waals surface area contributed by atoms with E-state index in [-0.39, 0.29) is 11.3 Å². The largest absolute Gasteiger partial charge is 0.330 e. The molecule has 0 bridgehead atoms. The van der Waals surface area contributed by atoms with Gasteiger partial charge >= 0.3 is 0 Å². The number of hydrogen-bond acceptors (Lipinski definition) is 3. The maximum Gasteiger partial charge on any atom is 0.238 e. The summed E-state index contributed by atoms with van der Waals surface area (Å²) < 4.78 is 1.01. The second-order valence-electron chi connectivity index (χ2n) is 6.18. The SMILES string of the molecule is CCN(CC(=O)Nc1ccc(Br)cc1C)CC(C)(C)CN. The van der Waals surface area contributed by atoms with Crippen LogP contribution < -0.4 is 11.1 Å². The molecule has 0 radical (unpaired) electrons. The van der Waals surface area contributed by atoms with Gasteiger partial charge in [-0.05, 0) is 49.2 Å². The van der Waals surface area contributed by atoms with Gasteiger partial charge in [0.05, 0.1) is 6.54 Å². The second kappa shape index (κ2) is 7.92. The van der Waals surface area contributed by atoms with Gasteiger partial charge in [-0.1, -0.05) is 36.7 Å². The summed E-state index contributed by atoms with van der Waals surface area (Å²) in [6, 6.07) is 5.83. The zero-order valence-electron chi connectivity index (χ0n) is 13.4. The van der Waals surface area contributed by atoms with Gasteiger partial charge in [0, 0.05) is 16.7 Å². The first-order valence-electron chi connectivity index (χ1n) is 7.26. The van der Waals surface area contributed by atoms with Crippen LogP contribution in [0.1, 0.15) is 26.3 Å². The molecule has 0 aliphatic carbocycles. The molecule has 0 spiro atoms. The van der Waals surface area contributed by atoms with Gasteiger partial charge in [-0.2, -0.15) is 0 Å². The van der Waals surface area contributed by atoms with Crippen LogP contribution in [-0.2, 0) is 4.79 Å². The molecule has 0 heterocycles. The predicted molar refractivity (Wildman–Crippen MR) is 92.5 cm³/mol. The minimum Gasteiger partial charge on any atom is -0.330 e. The van der Waals surface area contributed by atoms with Crippen molar-refractivity contribution < 1.29 is 4.79 Å². The summed E-state index contributed by atoms with van der Waals surface area (Å²) in [5.41, 5.74) is 7.69. The Morgan fingerprint density at radius 1 is 1.43 bits per heavy atom. The lowest BCUT2D eigenvalue weighted by Crippen LogP contribution is -2.42. The van der Waals surface area contributed by atoms with Gasteiger partial charge in [-0.15, -0.1) is 0 Å². The maximum absolute atomic E-state index is 12.2. The molecule has 1 aromatic carbocycles. The van der Waals surface area contributed by atoms with Crippen molar-refractivity contribution >= 4 is 27.5 Å². The molecular weight excluding hydrogens is 330 g/mol. The summed E-state index contributed by atoms with van der Waals surface area (Å²) in [7, 11) is 0. The molecule has 0 aromatic heterocycles. The van der Waals surface area contributed by atoms with Crippen molar-refractivity contribution in [2.75, 3.05) is 31.5 Å². The smallest absolute Gasteiger partial charge is 0.238 e. The molecule has 1 aromatic rings. The Kier molecular flexibility index (Phi) is 6.84. The van der Waals surface area contributed by atoms with E-state index < -0.39 is 0 Å². The minimum atomic E-state index is 0.00935. The highest BCUT2D eigenvalue weighted by Crippen LogP contribution is 2.20. The van der Waals surface area contributed by atoms with E-state index >= 15 is 0 Å². The molecule has 0 aliphatic rings. The fraction of sp³-hybridized carbons (Fsp3) is 0.562. The van der Waals surface area contributed by atoms with Crippen LogP contribution >= 0.6 is 15.9 Å². The molecule has 0 saturated carbocycles. The minimum absolute atomic E-state index is 0.00935. The lowest BCUT2D eigenvalue weighted by Gasteiger charge is -2.30. The van der Waals surface area contributed by atoms with Gasteiger partial charge < -0.3 is 11.1 Å². The predicted octanol–water partition coefficient (Wildman–Crippen LogP) is 3.00. The number of nitrogens with two attached hydrogens (primary N) is 1. The van der Waals surface area contributed by atoms with Crippen LogP contribution in [-0.4, -0.2) is 37.0 Å². The van der Waals surface area contributed by atoms with Gasteiger partial charge in [-0.3, -0.25) is 9.69 Å². The monoisotopic (exact) mass is 355 g/mol. The third-order valence-corrected chi connectivity index (χ3v) is 3.97. The maximum atomic E-state index is 12.2. The van der Waals surface area contributed by atoms with Crippen LogP contribution in [0.3, 0.4) is 0 Å². The van der Waals surface area contributed by atoms with Gasteiger partial charge in [0.25, 0.3) is 0 Å². The molecule has 0 atom stereocenters. The number of likely N-dealkylation sites (N-methyl/N-ethyl adjacent to an activating group) is 1. The lowest BCUT2D eigenvalue weighted by atomic mass is 9.93. The van der Waals surface area contributed by atoms with Crippen LogP contribution in [0, 0.1) is 12.3 Å². The molecule has 0 saturated heterocycles. The molecule has 0 fully saturated rings. The number of aryl methyl sites for hydroxylation is 1. The van der Waals surface area contributed by atoms with Gasteiger partial charge in [0.1, 0.15) is 0 Å². The average Bonchev–Trinajstić information content (AvgIpc) is 2.41. The summed E-state index contributed by atoms with van der Waals surface area (Å²) in [4.78, 5) is 14.3. The highest BCUT2D eigenvalue weighted by Gasteiger charge is 2.21. The average molecular weight is 356 g/mol. The summed E-state index contributed by atoms with van der Waals surface area (Å²) in [5.74, 6) is 0.00935. The molecular formula is C16H26BrN3O. The zero-order valence-corrected chi connectivity index (χ0v) is 15.0. The van der Waals surface area contributed by atoms with Crippen LogP contribution in [0.4, 0.5) is 5.69 Å². The molecule has 4 nitrogen and oxygen atoms in total. The quantitative estimate of drug-likeness (QED) is 0.790. The number of halogens is 1. The molecule has 0 unspecified atom stereocenters. The Labute approximate surface area is 136 Å². The number of nitrogens with zero attached hydrogens (tertiary/aromatic N) is 1. The molecule has 3 N–H and O–H groups in total. The van der Waals surface area contributed by atoms with Crippen molar-refractivity contribution in [3.63, 3.8) is 0 Å². The van der Waals surface area contributed by atoms with E-state index in [4.69, 9.17) is 5.73 Å². The summed E-state index contributed by atoms with van der Waals surface area (Å²) in [5, 5.41) is 2.97. The van der Waals surface area contributed by atoms with Crippen LogP contribution in [0.25, 0.3) is 0 Å². The van der Waals surface area contributed by atoms with Gasteiger partial charge in [0.15, 0.2) is 0 Å². The van der Waals surface area contributed by atoms with Crippen molar-refractivity contribution in [2.45, 2.75) is 27.7 Å². The first-order chi connectivity index (χ1) is 9.77. The number of amides is 1. The first kappa shape index (κ1) is 18.1. The number of carbonyl (C=O) groups is 1. The standard InChI is InChI=1S/C16H26BrN3O/c1-5-20(11-16(3,4)10-18)9-15(21)19-14-7-6-13(17)8-12(14)2/h6-8H,5,9-11,18H2,1-4H3,(H,19,21). The molecule has 1 amide bonds. The number of nitrogens with one attached hydrogen (secondary N) is 1. The van der Waals surface area contributed by atoms with E-state index in [2.05, 4.69) is 46.9 Å². The van der Waals surface area contributed by atoms with E-state index in [0.717, 1.165) is 28.8 Å². The Bertz CT molecular complexity index is 488. The second-order valence-corrected chi connectivity index (χ2v) is 7.09. The Hall–Kier alpha value is -0.910. The fourth-order valence-corrected chi connectivity index (χ4v) is 2.59. The van der Waals surface area contributed by atoms with Crippen molar-refractivity contribution in [1.82, 2.24) is 4.90 Å². The van der Waals surface area contributed by atoms with Gasteiger partial charge in [0.2, 0.25) is 5.91 Å². The van der Waals surface area contributed by atoms with E-state index in [0.29, 0.717) is 13.1 Å². The van der Waals surface area contributed by atoms with Crippen LogP contribution in [0.15, 0.2) is 22.7 Å². The highest BCUT2D eigenvalue weighted by molar-refractivity contribution is 9.10. The number of anilines is 1. The van der Waals surface area contributed by atoms with Crippen molar-refractivity contribution in [1.29, 1.82) is 0 Å². The first-order valence-corrected chi connectivity index (χ1v) is 8.05. The summed E-state index contributed by atoms with van der Waals surface area (Å²) in [6.45, 7) is 10.9. The molecule has 1 rings (SSSR count). The van der Waals surface area contributed by atoms with E-state index in [1.54, 1.807) is 0 Å². The Morgan fingerprint density at radius 3 is 2.62 bits per heavy atom. The Morgan fingerprint density at radius 2 is 2.10 bits per heavy atom. The summed E-state index contributed by atoms with van der Waals surface area (Å²) in [6.07, 6.45) is 0. The third-order valence-electron chi connectivity index (χ3n) is 3.48. The van der Waals surface area contributed by atoms with E-state index in [1.165, 1.54) is 0 Å². The molecule has 5 heteroatoms.